The van der Waals surface area contributed by atoms with E-state index < -0.39 is 28.9 Å². The number of hydrogen-bond acceptors (Lipinski definition) is 5. The van der Waals surface area contributed by atoms with Gasteiger partial charge in [0.2, 0.25) is 0 Å². The number of hydrogen-bond donors (Lipinski definition) is 2. The molecule has 8 nitrogen and oxygen atoms in total. The van der Waals surface area contributed by atoms with E-state index in [0.29, 0.717) is 5.56 Å². The number of β-amino-alcohol motifs (C(OH)–C–C–N with tert-alkyl or cyclic N) is 1. The van der Waals surface area contributed by atoms with Crippen LogP contribution in [0.1, 0.15) is 22.3 Å². The van der Waals surface area contributed by atoms with Crippen LogP contribution < -0.4 is 0 Å². The van der Waals surface area contributed by atoms with E-state index in [1.54, 1.807) is 6.92 Å². The molecule has 1 aliphatic heterocycles. The molecule has 0 saturated carbocycles. The van der Waals surface area contributed by atoms with Crippen LogP contribution in [0.2, 0.25) is 0 Å². The van der Waals surface area contributed by atoms with Gasteiger partial charge in [-0.3, -0.25) is 14.9 Å². The summed E-state index contributed by atoms with van der Waals surface area (Å²) in [5.74, 6) is -2.00. The maximum Gasteiger partial charge on any atom is 0.326 e. The lowest BCUT2D eigenvalue weighted by Crippen LogP contribution is -2.40. The number of aliphatic hydroxyl groups excluding tert-OH is 1. The van der Waals surface area contributed by atoms with Crippen molar-refractivity contribution < 1.29 is 24.7 Å². The summed E-state index contributed by atoms with van der Waals surface area (Å²) in [6.45, 7) is 1.52. The van der Waals surface area contributed by atoms with Crippen molar-refractivity contribution in [1.29, 1.82) is 0 Å². The average molecular weight is 294 g/mol. The first-order valence-electron chi connectivity index (χ1n) is 6.28. The Bertz CT molecular complexity index is 615. The number of rotatable bonds is 3. The van der Waals surface area contributed by atoms with Gasteiger partial charge < -0.3 is 15.1 Å². The number of likely N-dealkylation sites (tertiary alicyclic amines) is 1. The predicted octanol–water partition coefficient (Wildman–Crippen LogP) is 0.563. The van der Waals surface area contributed by atoms with Gasteiger partial charge in [-0.2, -0.15) is 0 Å². The second kappa shape index (κ2) is 5.49. The molecule has 1 aromatic carbocycles. The third kappa shape index (κ3) is 2.84. The number of carboxylic acids is 1. The van der Waals surface area contributed by atoms with Crippen molar-refractivity contribution in [3.05, 3.63) is 39.4 Å². The number of carbonyl (C=O) groups excluding carboxylic acids is 1. The van der Waals surface area contributed by atoms with Crippen LogP contribution in [-0.4, -0.2) is 50.6 Å². The van der Waals surface area contributed by atoms with E-state index in [-0.39, 0.29) is 24.2 Å². The lowest BCUT2D eigenvalue weighted by atomic mass is 10.1. The van der Waals surface area contributed by atoms with Crippen molar-refractivity contribution in [2.45, 2.75) is 25.5 Å². The standard InChI is InChI=1S/C13H14N2O6/c1-7-2-3-10(15(20)21)9(4-7)12(17)14-6-8(16)5-11(14)13(18)19/h2-4,8,11,16H,5-6H2,1H3,(H,18,19). The maximum atomic E-state index is 12.4. The minimum atomic E-state index is -1.24. The summed E-state index contributed by atoms with van der Waals surface area (Å²) in [4.78, 5) is 34.9. The van der Waals surface area contributed by atoms with Crippen LogP contribution in [0.4, 0.5) is 5.69 Å². The van der Waals surface area contributed by atoms with Crippen LogP contribution in [0.3, 0.4) is 0 Å². The molecule has 2 unspecified atom stereocenters. The number of benzene rings is 1. The number of nitro groups is 1. The summed E-state index contributed by atoms with van der Waals surface area (Å²) in [7, 11) is 0. The second-order valence-electron chi connectivity index (χ2n) is 4.98. The minimum absolute atomic E-state index is 0.0827. The van der Waals surface area contributed by atoms with Crippen LogP contribution in [-0.2, 0) is 4.79 Å². The molecular weight excluding hydrogens is 280 g/mol. The maximum absolute atomic E-state index is 12.4. The highest BCUT2D eigenvalue weighted by atomic mass is 16.6. The van der Waals surface area contributed by atoms with Gasteiger partial charge in [0.05, 0.1) is 11.0 Å². The summed E-state index contributed by atoms with van der Waals surface area (Å²) in [5, 5.41) is 29.6. The fraction of sp³-hybridized carbons (Fsp3) is 0.385. The molecular formula is C13H14N2O6. The monoisotopic (exact) mass is 294 g/mol. The fourth-order valence-corrected chi connectivity index (χ4v) is 2.41. The number of nitrogens with zero attached hydrogens (tertiary/aromatic N) is 2. The van der Waals surface area contributed by atoms with Gasteiger partial charge in [0.15, 0.2) is 0 Å². The molecule has 2 N–H and O–H groups in total. The number of carbonyl (C=O) groups is 2. The molecule has 21 heavy (non-hydrogen) atoms. The molecule has 2 rings (SSSR count). The molecule has 0 spiro atoms. The van der Waals surface area contributed by atoms with Crippen molar-refractivity contribution >= 4 is 17.6 Å². The van der Waals surface area contributed by atoms with Gasteiger partial charge in [-0.05, 0) is 18.6 Å². The largest absolute Gasteiger partial charge is 0.480 e. The van der Waals surface area contributed by atoms with Crippen molar-refractivity contribution in [2.24, 2.45) is 0 Å². The zero-order chi connectivity index (χ0) is 15.7. The highest BCUT2D eigenvalue weighted by Crippen LogP contribution is 2.26. The smallest absolute Gasteiger partial charge is 0.326 e. The topological polar surface area (TPSA) is 121 Å². The zero-order valence-electron chi connectivity index (χ0n) is 11.2. The van der Waals surface area contributed by atoms with Crippen molar-refractivity contribution in [3.63, 3.8) is 0 Å². The van der Waals surface area contributed by atoms with Gasteiger partial charge in [-0.25, -0.2) is 4.79 Å². The highest BCUT2D eigenvalue weighted by Gasteiger charge is 2.40. The van der Waals surface area contributed by atoms with E-state index in [4.69, 9.17) is 5.11 Å². The van der Waals surface area contributed by atoms with Gasteiger partial charge >= 0.3 is 5.97 Å². The van der Waals surface area contributed by atoms with Gasteiger partial charge in [0.25, 0.3) is 11.6 Å². The van der Waals surface area contributed by atoms with Crippen molar-refractivity contribution in [3.8, 4) is 0 Å². The Balaban J connectivity index is 2.42. The molecule has 0 aliphatic carbocycles. The zero-order valence-corrected chi connectivity index (χ0v) is 11.2. The Labute approximate surface area is 119 Å². The molecule has 1 heterocycles. The highest BCUT2D eigenvalue weighted by molar-refractivity contribution is 6.00. The van der Waals surface area contributed by atoms with Crippen LogP contribution in [0, 0.1) is 17.0 Å². The van der Waals surface area contributed by atoms with Crippen LogP contribution in [0.25, 0.3) is 0 Å². The Morgan fingerprint density at radius 1 is 1.43 bits per heavy atom. The van der Waals surface area contributed by atoms with E-state index in [9.17, 15) is 24.8 Å². The Hall–Kier alpha value is -2.48. The van der Waals surface area contributed by atoms with E-state index in [0.717, 1.165) is 4.90 Å². The third-order valence-corrected chi connectivity index (χ3v) is 3.40. The summed E-state index contributed by atoms with van der Waals surface area (Å²) in [5.41, 5.74) is 0.104. The summed E-state index contributed by atoms with van der Waals surface area (Å²) >= 11 is 0. The molecule has 1 saturated heterocycles. The van der Waals surface area contributed by atoms with Gasteiger partial charge in [-0.15, -0.1) is 0 Å². The van der Waals surface area contributed by atoms with E-state index in [2.05, 4.69) is 0 Å². The first-order valence-corrected chi connectivity index (χ1v) is 6.28. The van der Waals surface area contributed by atoms with E-state index in [1.165, 1.54) is 18.2 Å². The number of carboxylic acid groups (broad SMARTS) is 1. The first-order chi connectivity index (χ1) is 9.81. The summed E-state index contributed by atoms with van der Waals surface area (Å²) in [6.07, 6.45) is -1.03. The second-order valence-corrected chi connectivity index (χ2v) is 4.98. The molecule has 1 fully saturated rings. The average Bonchev–Trinajstić information content (AvgIpc) is 2.79. The number of aliphatic hydroxyl groups is 1. The molecule has 1 amide bonds. The van der Waals surface area contributed by atoms with Crippen molar-refractivity contribution in [1.82, 2.24) is 4.90 Å². The minimum Gasteiger partial charge on any atom is -0.480 e. The number of aliphatic carboxylic acids is 1. The number of amides is 1. The van der Waals surface area contributed by atoms with Gasteiger partial charge in [0.1, 0.15) is 11.6 Å². The normalized spacial score (nSPS) is 21.3. The number of nitro benzene ring substituents is 1. The predicted molar refractivity (Wildman–Crippen MR) is 70.9 cm³/mol. The van der Waals surface area contributed by atoms with Crippen LogP contribution in [0.5, 0.6) is 0 Å². The third-order valence-electron chi connectivity index (χ3n) is 3.40. The molecule has 8 heteroatoms. The van der Waals surface area contributed by atoms with Crippen LogP contribution >= 0.6 is 0 Å². The molecule has 2 atom stereocenters. The van der Waals surface area contributed by atoms with Gasteiger partial charge in [-0.1, -0.05) is 6.07 Å². The summed E-state index contributed by atoms with van der Waals surface area (Å²) in [6, 6.07) is 2.89. The first kappa shape index (κ1) is 14.9. The van der Waals surface area contributed by atoms with E-state index >= 15 is 0 Å². The van der Waals surface area contributed by atoms with E-state index in [1.807, 2.05) is 0 Å². The molecule has 0 aromatic heterocycles. The Morgan fingerprint density at radius 3 is 2.67 bits per heavy atom. The molecule has 0 radical (unpaired) electrons. The lowest BCUT2D eigenvalue weighted by molar-refractivity contribution is -0.385. The molecule has 1 aliphatic rings. The summed E-state index contributed by atoms with van der Waals surface area (Å²) < 4.78 is 0. The Kier molecular flexibility index (Phi) is 3.90. The molecule has 0 bridgehead atoms. The fourth-order valence-electron chi connectivity index (χ4n) is 2.41. The lowest BCUT2D eigenvalue weighted by Gasteiger charge is -2.21. The Morgan fingerprint density at radius 2 is 2.10 bits per heavy atom. The van der Waals surface area contributed by atoms with Gasteiger partial charge in [0, 0.05) is 19.0 Å². The molecule has 112 valence electrons. The number of aryl methyl sites for hydroxylation is 1. The van der Waals surface area contributed by atoms with Crippen LogP contribution in [0.15, 0.2) is 18.2 Å². The SMILES string of the molecule is Cc1ccc([N+](=O)[O-])c(C(=O)N2CC(O)CC2C(=O)O)c1. The van der Waals surface area contributed by atoms with Crippen molar-refractivity contribution in [2.75, 3.05) is 6.54 Å². The quantitative estimate of drug-likeness (QED) is 0.620. The molecule has 1 aromatic rings.